The van der Waals surface area contributed by atoms with Gasteiger partial charge in [0.15, 0.2) is 0 Å². The van der Waals surface area contributed by atoms with E-state index in [4.69, 9.17) is 0 Å². The Morgan fingerprint density at radius 1 is 1.62 bits per heavy atom. The highest BCUT2D eigenvalue weighted by atomic mass is 32.2. The number of hydrogen-bond acceptors (Lipinski definition) is 5. The average Bonchev–Trinajstić information content (AvgIpc) is 2.31. The minimum atomic E-state index is -3.50. The zero-order valence-electron chi connectivity index (χ0n) is 7.07. The number of aryl methyl sites for hydroxylation is 1. The predicted molar refractivity (Wildman–Crippen MR) is 49.2 cm³/mol. The Labute approximate surface area is 79.9 Å². The van der Waals surface area contributed by atoms with Crippen LogP contribution in [0.3, 0.4) is 0 Å². The SMILES string of the molecule is Cc1nc(C(=O)NS(C)(=O)=O)cs1. The molecular formula is C6H8N2O3S2. The molecule has 0 radical (unpaired) electrons. The third-order valence-electron chi connectivity index (χ3n) is 1.13. The lowest BCUT2D eigenvalue weighted by atomic mass is 10.5. The number of aromatic nitrogens is 1. The molecule has 0 spiro atoms. The monoisotopic (exact) mass is 220 g/mol. The molecular weight excluding hydrogens is 212 g/mol. The van der Waals surface area contributed by atoms with Crippen LogP contribution in [0.4, 0.5) is 0 Å². The lowest BCUT2D eigenvalue weighted by molar-refractivity contribution is 0.0977. The normalized spacial score (nSPS) is 11.2. The highest BCUT2D eigenvalue weighted by Crippen LogP contribution is 2.07. The van der Waals surface area contributed by atoms with E-state index in [2.05, 4.69) is 4.98 Å². The Hall–Kier alpha value is -0.950. The van der Waals surface area contributed by atoms with Crippen molar-refractivity contribution in [3.05, 3.63) is 16.1 Å². The van der Waals surface area contributed by atoms with Crippen molar-refractivity contribution in [1.29, 1.82) is 0 Å². The van der Waals surface area contributed by atoms with Crippen molar-refractivity contribution in [2.45, 2.75) is 6.92 Å². The maximum Gasteiger partial charge on any atom is 0.284 e. The van der Waals surface area contributed by atoms with Crippen LogP contribution in [0.2, 0.25) is 0 Å². The molecule has 0 aromatic carbocycles. The van der Waals surface area contributed by atoms with E-state index in [0.717, 1.165) is 11.3 Å². The first kappa shape index (κ1) is 10.1. The summed E-state index contributed by atoms with van der Waals surface area (Å²) < 4.78 is 23.2. The van der Waals surface area contributed by atoms with Gasteiger partial charge >= 0.3 is 0 Å². The summed E-state index contributed by atoms with van der Waals surface area (Å²) in [4.78, 5) is 15.0. The number of nitrogens with zero attached hydrogens (tertiary/aromatic N) is 1. The van der Waals surface area contributed by atoms with Crippen molar-refractivity contribution >= 4 is 27.3 Å². The maximum atomic E-state index is 11.1. The molecule has 13 heavy (non-hydrogen) atoms. The van der Waals surface area contributed by atoms with Crippen LogP contribution < -0.4 is 4.72 Å². The molecule has 0 unspecified atom stereocenters. The van der Waals surface area contributed by atoms with Crippen LogP contribution in [0.1, 0.15) is 15.5 Å². The highest BCUT2D eigenvalue weighted by Gasteiger charge is 2.13. The number of thiazole rings is 1. The summed E-state index contributed by atoms with van der Waals surface area (Å²) in [5.74, 6) is -0.688. The third kappa shape index (κ3) is 3.11. The van der Waals surface area contributed by atoms with Crippen LogP contribution >= 0.6 is 11.3 Å². The third-order valence-corrected chi connectivity index (χ3v) is 2.46. The standard InChI is InChI=1S/C6H8N2O3S2/c1-4-7-5(3-12-4)6(9)8-13(2,10)11/h3H,1-2H3,(H,8,9). The summed E-state index contributed by atoms with van der Waals surface area (Å²) in [6, 6.07) is 0. The van der Waals surface area contributed by atoms with E-state index < -0.39 is 15.9 Å². The molecule has 7 heteroatoms. The number of carbonyl (C=O) groups excluding carboxylic acids is 1. The Kier molecular flexibility index (Phi) is 2.67. The zero-order valence-corrected chi connectivity index (χ0v) is 8.70. The molecule has 1 aromatic heterocycles. The second kappa shape index (κ2) is 3.43. The smallest absolute Gasteiger partial charge is 0.266 e. The first-order chi connectivity index (χ1) is 5.88. The lowest BCUT2D eigenvalue weighted by Gasteiger charge is -1.97. The predicted octanol–water partition coefficient (Wildman–Crippen LogP) is 0.141. The topological polar surface area (TPSA) is 76.1 Å². The van der Waals surface area contributed by atoms with E-state index >= 15 is 0 Å². The van der Waals surface area contributed by atoms with Gasteiger partial charge in [-0.25, -0.2) is 18.1 Å². The highest BCUT2D eigenvalue weighted by molar-refractivity contribution is 7.89. The molecule has 0 aliphatic rings. The van der Waals surface area contributed by atoms with Gasteiger partial charge in [-0.05, 0) is 6.92 Å². The molecule has 5 nitrogen and oxygen atoms in total. The largest absolute Gasteiger partial charge is 0.284 e. The Morgan fingerprint density at radius 3 is 2.62 bits per heavy atom. The molecule has 0 atom stereocenters. The van der Waals surface area contributed by atoms with Crippen molar-refractivity contribution in [2.24, 2.45) is 0 Å². The van der Waals surface area contributed by atoms with Gasteiger partial charge < -0.3 is 0 Å². The van der Waals surface area contributed by atoms with Gasteiger partial charge in [0, 0.05) is 5.38 Å². The second-order valence-electron chi connectivity index (χ2n) is 2.46. The van der Waals surface area contributed by atoms with E-state index in [1.165, 1.54) is 16.7 Å². The summed E-state index contributed by atoms with van der Waals surface area (Å²) in [6.07, 6.45) is 0.921. The van der Waals surface area contributed by atoms with Gasteiger partial charge in [-0.3, -0.25) is 4.79 Å². The first-order valence-electron chi connectivity index (χ1n) is 3.33. The summed E-state index contributed by atoms with van der Waals surface area (Å²) >= 11 is 1.29. The van der Waals surface area contributed by atoms with Crippen molar-refractivity contribution in [3.8, 4) is 0 Å². The van der Waals surface area contributed by atoms with Crippen LogP contribution in [0.25, 0.3) is 0 Å². The average molecular weight is 220 g/mol. The molecule has 0 aliphatic carbocycles. The molecule has 1 rings (SSSR count). The number of nitrogens with one attached hydrogen (secondary N) is 1. The van der Waals surface area contributed by atoms with Gasteiger partial charge in [-0.1, -0.05) is 0 Å². The lowest BCUT2D eigenvalue weighted by Crippen LogP contribution is -2.29. The van der Waals surface area contributed by atoms with Gasteiger partial charge in [-0.2, -0.15) is 0 Å². The fourth-order valence-corrected chi connectivity index (χ4v) is 1.72. The molecule has 72 valence electrons. The molecule has 0 saturated heterocycles. The molecule has 0 aliphatic heterocycles. The minimum Gasteiger partial charge on any atom is -0.266 e. The van der Waals surface area contributed by atoms with Crippen molar-refractivity contribution in [2.75, 3.05) is 6.26 Å². The molecule has 1 aromatic rings. The van der Waals surface area contributed by atoms with Crippen LogP contribution in [0.5, 0.6) is 0 Å². The number of carbonyl (C=O) groups is 1. The first-order valence-corrected chi connectivity index (χ1v) is 6.10. The van der Waals surface area contributed by atoms with Gasteiger partial charge in [0.2, 0.25) is 10.0 Å². The van der Waals surface area contributed by atoms with Gasteiger partial charge in [0.25, 0.3) is 5.91 Å². The fraction of sp³-hybridized carbons (Fsp3) is 0.333. The van der Waals surface area contributed by atoms with Crippen LogP contribution in [0.15, 0.2) is 5.38 Å². The summed E-state index contributed by atoms with van der Waals surface area (Å²) in [7, 11) is -3.50. The van der Waals surface area contributed by atoms with Crippen molar-refractivity contribution in [1.82, 2.24) is 9.71 Å². The number of rotatable bonds is 2. The second-order valence-corrected chi connectivity index (χ2v) is 5.27. The molecule has 1 amide bonds. The van der Waals surface area contributed by atoms with E-state index in [0.29, 0.717) is 0 Å². The van der Waals surface area contributed by atoms with E-state index in [1.807, 2.05) is 4.72 Å². The minimum absolute atomic E-state index is 0.132. The van der Waals surface area contributed by atoms with E-state index in [-0.39, 0.29) is 5.69 Å². The Balaban J connectivity index is 2.81. The fourth-order valence-electron chi connectivity index (χ4n) is 0.688. The van der Waals surface area contributed by atoms with Crippen molar-refractivity contribution < 1.29 is 13.2 Å². The maximum absolute atomic E-state index is 11.1. The molecule has 1 N–H and O–H groups in total. The molecule has 0 saturated carbocycles. The molecule has 0 fully saturated rings. The summed E-state index contributed by atoms with van der Waals surface area (Å²) in [6.45, 7) is 1.74. The molecule has 1 heterocycles. The zero-order chi connectivity index (χ0) is 10.1. The Morgan fingerprint density at radius 2 is 2.23 bits per heavy atom. The van der Waals surface area contributed by atoms with Gasteiger partial charge in [0.05, 0.1) is 11.3 Å². The molecule has 0 bridgehead atoms. The van der Waals surface area contributed by atoms with Crippen LogP contribution in [0, 0.1) is 6.92 Å². The van der Waals surface area contributed by atoms with Crippen molar-refractivity contribution in [3.63, 3.8) is 0 Å². The van der Waals surface area contributed by atoms with Gasteiger partial charge in [0.1, 0.15) is 5.69 Å². The number of amides is 1. The van der Waals surface area contributed by atoms with Crippen LogP contribution in [-0.2, 0) is 10.0 Å². The number of hydrogen-bond donors (Lipinski definition) is 1. The van der Waals surface area contributed by atoms with Crippen LogP contribution in [-0.4, -0.2) is 25.6 Å². The Bertz CT molecular complexity index is 421. The quantitative estimate of drug-likeness (QED) is 0.769. The van der Waals surface area contributed by atoms with Gasteiger partial charge in [-0.15, -0.1) is 11.3 Å². The van der Waals surface area contributed by atoms with E-state index in [1.54, 1.807) is 6.92 Å². The number of sulfonamides is 1. The summed E-state index contributed by atoms with van der Waals surface area (Å²) in [5.41, 5.74) is 0.132. The summed E-state index contributed by atoms with van der Waals surface area (Å²) in [5, 5.41) is 2.23. The van der Waals surface area contributed by atoms with E-state index in [9.17, 15) is 13.2 Å².